The van der Waals surface area contributed by atoms with Gasteiger partial charge in [-0.1, -0.05) is 42.5 Å². The fourth-order valence-electron chi connectivity index (χ4n) is 3.42. The number of aryl methyl sites for hydroxylation is 1. The zero-order chi connectivity index (χ0) is 22.5. The number of rotatable bonds is 7. The van der Waals surface area contributed by atoms with E-state index in [1.807, 2.05) is 61.5 Å². The summed E-state index contributed by atoms with van der Waals surface area (Å²) in [6.07, 6.45) is 0.251. The molecule has 0 unspecified atom stereocenters. The Morgan fingerprint density at radius 1 is 0.938 bits per heavy atom. The molecule has 0 radical (unpaired) electrons. The minimum Gasteiger partial charge on any atom is -0.496 e. The van der Waals surface area contributed by atoms with E-state index in [-0.39, 0.29) is 24.0 Å². The fraction of sp³-hybridized carbons (Fsp3) is 0.154. The Hall–Kier alpha value is -4.06. The van der Waals surface area contributed by atoms with Crippen LogP contribution in [0.1, 0.15) is 27.2 Å². The molecule has 4 rings (SSSR count). The number of methoxy groups -OCH3 is 1. The molecule has 32 heavy (non-hydrogen) atoms. The van der Waals surface area contributed by atoms with Gasteiger partial charge in [0.05, 0.1) is 13.5 Å². The van der Waals surface area contributed by atoms with E-state index in [0.717, 1.165) is 27.8 Å². The van der Waals surface area contributed by atoms with Gasteiger partial charge in [0.15, 0.2) is 5.76 Å². The molecule has 0 aliphatic heterocycles. The van der Waals surface area contributed by atoms with Gasteiger partial charge in [0.1, 0.15) is 11.3 Å². The van der Waals surface area contributed by atoms with Gasteiger partial charge in [0.25, 0.3) is 5.91 Å². The smallest absolute Gasteiger partial charge is 0.291 e. The number of ether oxygens (including phenoxy) is 1. The highest BCUT2D eigenvalue weighted by Crippen LogP contribution is 2.21. The van der Waals surface area contributed by atoms with Gasteiger partial charge in [0.2, 0.25) is 5.91 Å². The summed E-state index contributed by atoms with van der Waals surface area (Å²) >= 11 is 0. The molecule has 4 aromatic rings. The topological polar surface area (TPSA) is 80.6 Å². The molecule has 0 atom stereocenters. The van der Waals surface area contributed by atoms with E-state index < -0.39 is 0 Å². The molecular weight excluding hydrogens is 404 g/mol. The first-order chi connectivity index (χ1) is 15.5. The molecule has 0 aliphatic carbocycles. The van der Waals surface area contributed by atoms with Gasteiger partial charge >= 0.3 is 0 Å². The monoisotopic (exact) mass is 428 g/mol. The van der Waals surface area contributed by atoms with Crippen LogP contribution in [-0.4, -0.2) is 18.9 Å². The van der Waals surface area contributed by atoms with Crippen molar-refractivity contribution in [3.05, 3.63) is 95.2 Å². The third kappa shape index (κ3) is 4.98. The van der Waals surface area contributed by atoms with E-state index in [0.29, 0.717) is 17.8 Å². The Bertz CT molecular complexity index is 1230. The van der Waals surface area contributed by atoms with Gasteiger partial charge in [0, 0.05) is 17.6 Å². The number of benzene rings is 3. The molecular formula is C26H24N2O4. The van der Waals surface area contributed by atoms with Gasteiger partial charge in [-0.2, -0.15) is 0 Å². The molecule has 6 heteroatoms. The number of fused-ring (bicyclic) bond motifs is 1. The molecule has 1 aromatic heterocycles. The number of carbonyl (C=O) groups excluding carboxylic acids is 2. The van der Waals surface area contributed by atoms with Crippen molar-refractivity contribution >= 4 is 28.5 Å². The second-order valence-electron chi connectivity index (χ2n) is 7.56. The maximum Gasteiger partial charge on any atom is 0.291 e. The fourth-order valence-corrected chi connectivity index (χ4v) is 3.42. The maximum absolute atomic E-state index is 12.5. The molecule has 2 amide bonds. The Morgan fingerprint density at radius 2 is 1.69 bits per heavy atom. The van der Waals surface area contributed by atoms with Crippen LogP contribution in [-0.2, 0) is 17.8 Å². The lowest BCUT2D eigenvalue weighted by molar-refractivity contribution is -0.120. The van der Waals surface area contributed by atoms with Gasteiger partial charge in [-0.3, -0.25) is 9.59 Å². The molecule has 0 bridgehead atoms. The van der Waals surface area contributed by atoms with Crippen molar-refractivity contribution in [3.63, 3.8) is 0 Å². The predicted octanol–water partition coefficient (Wildman–Crippen LogP) is 4.86. The highest BCUT2D eigenvalue weighted by molar-refractivity contribution is 6.04. The summed E-state index contributed by atoms with van der Waals surface area (Å²) in [6.45, 7) is 2.41. The van der Waals surface area contributed by atoms with Crippen LogP contribution in [0.3, 0.4) is 0 Å². The Morgan fingerprint density at radius 3 is 2.44 bits per heavy atom. The van der Waals surface area contributed by atoms with Crippen molar-refractivity contribution in [2.24, 2.45) is 0 Å². The van der Waals surface area contributed by atoms with Gasteiger partial charge in [-0.15, -0.1) is 0 Å². The van der Waals surface area contributed by atoms with Gasteiger partial charge in [-0.05, 0) is 53.9 Å². The first-order valence-corrected chi connectivity index (χ1v) is 10.3. The zero-order valence-electron chi connectivity index (χ0n) is 18.0. The second-order valence-corrected chi connectivity index (χ2v) is 7.56. The minimum absolute atomic E-state index is 0.0800. The number of hydrogen-bond donors (Lipinski definition) is 2. The highest BCUT2D eigenvalue weighted by atomic mass is 16.5. The SMILES string of the molecule is COc1cc(CNC(=O)Cc2ccc(NC(=O)c3cc4ccccc4o3)cc2)ccc1C. The standard InChI is InChI=1S/C26H24N2O4/c1-17-7-8-19(13-23(17)31-2)16-27-25(29)14-18-9-11-21(12-10-18)28-26(30)24-15-20-5-3-4-6-22(20)32-24/h3-13,15H,14,16H2,1-2H3,(H,27,29)(H,28,30). The first kappa shape index (κ1) is 21.2. The lowest BCUT2D eigenvalue weighted by Gasteiger charge is -2.09. The normalized spacial score (nSPS) is 10.7. The van der Waals surface area contributed by atoms with E-state index in [2.05, 4.69) is 10.6 Å². The summed E-state index contributed by atoms with van der Waals surface area (Å²) in [5.74, 6) is 0.656. The largest absolute Gasteiger partial charge is 0.496 e. The van der Waals surface area contributed by atoms with E-state index in [1.165, 1.54) is 0 Å². The summed E-state index contributed by atoms with van der Waals surface area (Å²) in [5, 5.41) is 6.62. The average molecular weight is 428 g/mol. The maximum atomic E-state index is 12.5. The number of hydrogen-bond acceptors (Lipinski definition) is 4. The van der Waals surface area contributed by atoms with Crippen molar-refractivity contribution in [1.82, 2.24) is 5.32 Å². The first-order valence-electron chi connectivity index (χ1n) is 10.3. The van der Waals surface area contributed by atoms with Gasteiger partial charge < -0.3 is 19.8 Å². The Labute approximate surface area is 186 Å². The van der Waals surface area contributed by atoms with Crippen LogP contribution in [0.2, 0.25) is 0 Å². The van der Waals surface area contributed by atoms with Crippen molar-refractivity contribution in [1.29, 1.82) is 0 Å². The van der Waals surface area contributed by atoms with Crippen LogP contribution < -0.4 is 15.4 Å². The number of carbonyl (C=O) groups is 2. The minimum atomic E-state index is -0.319. The van der Waals surface area contributed by atoms with Crippen LogP contribution in [0.5, 0.6) is 5.75 Å². The molecule has 0 saturated carbocycles. The zero-order valence-corrected chi connectivity index (χ0v) is 18.0. The lowest BCUT2D eigenvalue weighted by Crippen LogP contribution is -2.24. The van der Waals surface area contributed by atoms with Crippen molar-refractivity contribution < 1.29 is 18.7 Å². The van der Waals surface area contributed by atoms with Crippen LogP contribution in [0.15, 0.2) is 77.2 Å². The van der Waals surface area contributed by atoms with Crippen molar-refractivity contribution in [3.8, 4) is 5.75 Å². The van der Waals surface area contributed by atoms with E-state index in [9.17, 15) is 9.59 Å². The molecule has 0 spiro atoms. The molecule has 1 heterocycles. The summed E-state index contributed by atoms with van der Waals surface area (Å²) < 4.78 is 10.9. The number of para-hydroxylation sites is 1. The van der Waals surface area contributed by atoms with Crippen LogP contribution in [0.25, 0.3) is 11.0 Å². The Balaban J connectivity index is 1.31. The summed E-state index contributed by atoms with van der Waals surface area (Å²) in [5.41, 5.74) is 4.18. The third-order valence-corrected chi connectivity index (χ3v) is 5.19. The summed E-state index contributed by atoms with van der Waals surface area (Å²) in [7, 11) is 1.63. The lowest BCUT2D eigenvalue weighted by atomic mass is 10.1. The number of furan rings is 1. The second kappa shape index (κ2) is 9.39. The van der Waals surface area contributed by atoms with Gasteiger partial charge in [-0.25, -0.2) is 0 Å². The van der Waals surface area contributed by atoms with Crippen molar-refractivity contribution in [2.75, 3.05) is 12.4 Å². The van der Waals surface area contributed by atoms with Crippen LogP contribution in [0, 0.1) is 6.92 Å². The van der Waals surface area contributed by atoms with Crippen LogP contribution in [0.4, 0.5) is 5.69 Å². The molecule has 3 aromatic carbocycles. The quantitative estimate of drug-likeness (QED) is 0.440. The van der Waals surface area contributed by atoms with Crippen LogP contribution >= 0.6 is 0 Å². The van der Waals surface area contributed by atoms with E-state index in [4.69, 9.17) is 9.15 Å². The molecule has 162 valence electrons. The molecule has 0 saturated heterocycles. The molecule has 0 fully saturated rings. The van der Waals surface area contributed by atoms with E-state index in [1.54, 1.807) is 25.3 Å². The number of nitrogens with one attached hydrogen (secondary N) is 2. The summed E-state index contributed by atoms with van der Waals surface area (Å²) in [6, 6.07) is 22.2. The average Bonchev–Trinajstić information content (AvgIpc) is 3.24. The summed E-state index contributed by atoms with van der Waals surface area (Å²) in [4.78, 5) is 24.8. The molecule has 2 N–H and O–H groups in total. The molecule has 6 nitrogen and oxygen atoms in total. The third-order valence-electron chi connectivity index (χ3n) is 5.19. The Kier molecular flexibility index (Phi) is 6.22. The highest BCUT2D eigenvalue weighted by Gasteiger charge is 2.12. The molecule has 0 aliphatic rings. The number of amides is 2. The number of anilines is 1. The predicted molar refractivity (Wildman–Crippen MR) is 124 cm³/mol. The van der Waals surface area contributed by atoms with E-state index >= 15 is 0 Å². The van der Waals surface area contributed by atoms with Crippen molar-refractivity contribution in [2.45, 2.75) is 19.9 Å².